The van der Waals surface area contributed by atoms with Gasteiger partial charge in [0, 0.05) is 10.6 Å². The minimum absolute atomic E-state index is 0.211. The van der Waals surface area contributed by atoms with E-state index in [1.165, 1.54) is 4.88 Å². The van der Waals surface area contributed by atoms with Crippen LogP contribution in [-0.2, 0) is 0 Å². The summed E-state index contributed by atoms with van der Waals surface area (Å²) in [5.41, 5.74) is 2.21. The van der Waals surface area contributed by atoms with E-state index >= 15 is 0 Å². The van der Waals surface area contributed by atoms with E-state index in [1.54, 1.807) is 18.4 Å². The Hall–Kier alpha value is -1.55. The molecule has 1 heterocycles. The van der Waals surface area contributed by atoms with Crippen LogP contribution in [0.15, 0.2) is 24.3 Å². The van der Waals surface area contributed by atoms with Gasteiger partial charge in [0.25, 0.3) is 0 Å². The Bertz CT molecular complexity index is 519. The molecule has 0 fully saturated rings. The highest BCUT2D eigenvalue weighted by atomic mass is 32.1. The van der Waals surface area contributed by atoms with Crippen molar-refractivity contribution < 1.29 is 4.74 Å². The van der Waals surface area contributed by atoms with Crippen LogP contribution < -0.4 is 10.1 Å². The summed E-state index contributed by atoms with van der Waals surface area (Å²) in [6.07, 6.45) is 0. The fraction of sp³-hybridized carbons (Fsp3) is 0.357. The van der Waals surface area contributed by atoms with Crippen LogP contribution in [0.4, 0.5) is 5.69 Å². The largest absolute Gasteiger partial charge is 0.497 e. The van der Waals surface area contributed by atoms with Gasteiger partial charge in [0.2, 0.25) is 0 Å². The van der Waals surface area contributed by atoms with Gasteiger partial charge in [0.15, 0.2) is 0 Å². The van der Waals surface area contributed by atoms with Crippen LogP contribution in [0.3, 0.4) is 0 Å². The summed E-state index contributed by atoms with van der Waals surface area (Å²) in [6.45, 7) is 6.29. The number of aryl methyl sites for hydroxylation is 2. The van der Waals surface area contributed by atoms with Gasteiger partial charge in [-0.3, -0.25) is 0 Å². The van der Waals surface area contributed by atoms with E-state index in [4.69, 9.17) is 4.74 Å². The number of rotatable bonds is 4. The molecular formula is C14H18N2OS. The summed E-state index contributed by atoms with van der Waals surface area (Å²) in [5, 5.41) is 4.57. The van der Waals surface area contributed by atoms with Crippen LogP contribution in [-0.4, -0.2) is 12.1 Å². The van der Waals surface area contributed by atoms with E-state index in [0.717, 1.165) is 22.1 Å². The Morgan fingerprint density at radius 2 is 1.89 bits per heavy atom. The van der Waals surface area contributed by atoms with Crippen molar-refractivity contribution >= 4 is 17.0 Å². The first-order valence-electron chi connectivity index (χ1n) is 5.94. The van der Waals surface area contributed by atoms with Gasteiger partial charge in [0.1, 0.15) is 5.75 Å². The van der Waals surface area contributed by atoms with Crippen LogP contribution in [0.5, 0.6) is 5.75 Å². The highest BCUT2D eigenvalue weighted by molar-refractivity contribution is 7.11. The molecule has 0 amide bonds. The minimum Gasteiger partial charge on any atom is -0.497 e. The highest BCUT2D eigenvalue weighted by Gasteiger charge is 2.12. The molecule has 0 aliphatic carbocycles. The first-order valence-corrected chi connectivity index (χ1v) is 6.76. The Kier molecular flexibility index (Phi) is 3.87. The van der Waals surface area contributed by atoms with Crippen molar-refractivity contribution in [3.63, 3.8) is 0 Å². The van der Waals surface area contributed by atoms with Crippen LogP contribution in [0.1, 0.15) is 28.5 Å². The molecule has 1 N–H and O–H groups in total. The second kappa shape index (κ2) is 5.40. The number of nitrogens with one attached hydrogen (secondary N) is 1. The number of thiazole rings is 1. The van der Waals surface area contributed by atoms with E-state index in [2.05, 4.69) is 24.1 Å². The van der Waals surface area contributed by atoms with Crippen molar-refractivity contribution in [2.24, 2.45) is 0 Å². The van der Waals surface area contributed by atoms with E-state index in [-0.39, 0.29) is 6.04 Å². The first-order chi connectivity index (χ1) is 8.60. The monoisotopic (exact) mass is 262 g/mol. The number of benzene rings is 1. The molecule has 2 rings (SSSR count). The molecule has 0 radical (unpaired) electrons. The molecule has 0 aliphatic heterocycles. The lowest BCUT2D eigenvalue weighted by Crippen LogP contribution is -2.08. The molecule has 0 saturated carbocycles. The molecule has 3 nitrogen and oxygen atoms in total. The van der Waals surface area contributed by atoms with Gasteiger partial charge >= 0.3 is 0 Å². The minimum atomic E-state index is 0.211. The molecular weight excluding hydrogens is 244 g/mol. The summed E-state index contributed by atoms with van der Waals surface area (Å²) in [5.74, 6) is 0.869. The zero-order chi connectivity index (χ0) is 13.1. The number of hydrogen-bond donors (Lipinski definition) is 1. The molecule has 0 saturated heterocycles. The predicted molar refractivity (Wildman–Crippen MR) is 76.6 cm³/mol. The highest BCUT2D eigenvalue weighted by Crippen LogP contribution is 2.26. The van der Waals surface area contributed by atoms with E-state index in [0.29, 0.717) is 0 Å². The maximum Gasteiger partial charge on any atom is 0.119 e. The molecule has 0 aliphatic rings. The standard InChI is InChI=1S/C14H18N2OS/c1-9(14-10(2)18-11(3)16-14)15-12-5-7-13(17-4)8-6-12/h5-9,15H,1-4H3. The SMILES string of the molecule is COc1ccc(NC(C)c2nc(C)sc2C)cc1. The number of methoxy groups -OCH3 is 1. The molecule has 0 bridgehead atoms. The van der Waals surface area contributed by atoms with Crippen molar-refractivity contribution in [2.75, 3.05) is 12.4 Å². The van der Waals surface area contributed by atoms with Crippen LogP contribution >= 0.6 is 11.3 Å². The van der Waals surface area contributed by atoms with Gasteiger partial charge in [0.05, 0.1) is 23.9 Å². The van der Waals surface area contributed by atoms with Gasteiger partial charge in [-0.05, 0) is 45.0 Å². The maximum atomic E-state index is 5.14. The quantitative estimate of drug-likeness (QED) is 0.906. The lowest BCUT2D eigenvalue weighted by Gasteiger charge is -2.14. The van der Waals surface area contributed by atoms with Gasteiger partial charge in [-0.15, -0.1) is 11.3 Å². The third-order valence-electron chi connectivity index (χ3n) is 2.82. The number of hydrogen-bond acceptors (Lipinski definition) is 4. The number of anilines is 1. The lowest BCUT2D eigenvalue weighted by atomic mass is 10.2. The summed E-state index contributed by atoms with van der Waals surface area (Å²) in [7, 11) is 1.67. The third-order valence-corrected chi connectivity index (χ3v) is 3.72. The molecule has 18 heavy (non-hydrogen) atoms. The number of ether oxygens (including phenoxy) is 1. The van der Waals surface area contributed by atoms with E-state index < -0.39 is 0 Å². The summed E-state index contributed by atoms with van der Waals surface area (Å²) in [4.78, 5) is 5.85. The Morgan fingerprint density at radius 1 is 1.22 bits per heavy atom. The fourth-order valence-corrected chi connectivity index (χ4v) is 2.87. The first kappa shape index (κ1) is 12.9. The molecule has 1 aromatic heterocycles. The van der Waals surface area contributed by atoms with E-state index in [1.807, 2.05) is 31.2 Å². The maximum absolute atomic E-state index is 5.14. The zero-order valence-corrected chi connectivity index (χ0v) is 12.0. The average Bonchev–Trinajstić information content (AvgIpc) is 2.69. The van der Waals surface area contributed by atoms with Crippen LogP contribution in [0.25, 0.3) is 0 Å². The molecule has 1 unspecified atom stereocenters. The second-order valence-corrected chi connectivity index (χ2v) is 5.68. The van der Waals surface area contributed by atoms with Gasteiger partial charge < -0.3 is 10.1 Å². The molecule has 1 aromatic carbocycles. The molecule has 2 aromatic rings. The number of nitrogens with zero attached hydrogens (tertiary/aromatic N) is 1. The topological polar surface area (TPSA) is 34.1 Å². The predicted octanol–water partition coefficient (Wildman–Crippen LogP) is 3.94. The Morgan fingerprint density at radius 3 is 2.39 bits per heavy atom. The molecule has 96 valence electrons. The van der Waals surface area contributed by atoms with Crippen LogP contribution in [0, 0.1) is 13.8 Å². The van der Waals surface area contributed by atoms with Crippen molar-refractivity contribution in [2.45, 2.75) is 26.8 Å². The van der Waals surface area contributed by atoms with Crippen LogP contribution in [0.2, 0.25) is 0 Å². The lowest BCUT2D eigenvalue weighted by molar-refractivity contribution is 0.415. The summed E-state index contributed by atoms with van der Waals surface area (Å²) in [6, 6.07) is 8.15. The van der Waals surface area contributed by atoms with Gasteiger partial charge in [-0.1, -0.05) is 0 Å². The Balaban J connectivity index is 2.10. The molecule has 4 heteroatoms. The van der Waals surface area contributed by atoms with Crippen molar-refractivity contribution in [1.29, 1.82) is 0 Å². The fourth-order valence-electron chi connectivity index (χ4n) is 1.95. The van der Waals surface area contributed by atoms with Gasteiger partial charge in [-0.2, -0.15) is 0 Å². The third kappa shape index (κ3) is 2.82. The van der Waals surface area contributed by atoms with E-state index in [9.17, 15) is 0 Å². The van der Waals surface area contributed by atoms with Crippen molar-refractivity contribution in [3.8, 4) is 5.75 Å². The Labute approximate surface area is 112 Å². The zero-order valence-electron chi connectivity index (χ0n) is 11.2. The summed E-state index contributed by atoms with van der Waals surface area (Å²) >= 11 is 1.74. The number of aromatic nitrogens is 1. The smallest absolute Gasteiger partial charge is 0.119 e. The normalized spacial score (nSPS) is 12.2. The molecule has 1 atom stereocenters. The average molecular weight is 262 g/mol. The van der Waals surface area contributed by atoms with Crippen molar-refractivity contribution in [1.82, 2.24) is 4.98 Å². The van der Waals surface area contributed by atoms with Gasteiger partial charge in [-0.25, -0.2) is 4.98 Å². The second-order valence-electron chi connectivity index (χ2n) is 4.27. The summed E-state index contributed by atoms with van der Waals surface area (Å²) < 4.78 is 5.14. The van der Waals surface area contributed by atoms with Crippen molar-refractivity contribution in [3.05, 3.63) is 39.8 Å². The molecule has 0 spiro atoms.